The average Bonchev–Trinajstić information content (AvgIpc) is 3.25. The largest absolute Gasteiger partial charge is 0.493 e. The molecule has 3 aromatic rings. The lowest BCUT2D eigenvalue weighted by Gasteiger charge is -2.28. The Morgan fingerprint density at radius 2 is 1.51 bits per heavy atom. The van der Waals surface area contributed by atoms with Gasteiger partial charge < -0.3 is 19.1 Å². The summed E-state index contributed by atoms with van der Waals surface area (Å²) in [6, 6.07) is 17.6. The average molecular weight is 531 g/mol. The molecular formula is C30H30N2O7. The zero-order chi connectivity index (χ0) is 28.1. The third-order valence-electron chi connectivity index (χ3n) is 6.69. The third-order valence-corrected chi connectivity index (χ3v) is 6.69. The van der Waals surface area contributed by atoms with Crippen LogP contribution in [0.2, 0.25) is 0 Å². The van der Waals surface area contributed by atoms with E-state index in [-0.39, 0.29) is 18.9 Å². The predicted octanol–water partition coefficient (Wildman–Crippen LogP) is 3.82. The number of anilines is 1. The van der Waals surface area contributed by atoms with Gasteiger partial charge in [0.2, 0.25) is 5.91 Å². The predicted molar refractivity (Wildman–Crippen MR) is 144 cm³/mol. The van der Waals surface area contributed by atoms with E-state index < -0.39 is 23.8 Å². The molecular weight excluding hydrogens is 500 g/mol. The number of benzene rings is 3. The fraction of sp³-hybridized carbons (Fsp3) is 0.267. The maximum Gasteiger partial charge on any atom is 0.337 e. The molecule has 0 aliphatic carbocycles. The van der Waals surface area contributed by atoms with Gasteiger partial charge in [-0.15, -0.1) is 0 Å². The first kappa shape index (κ1) is 27.4. The van der Waals surface area contributed by atoms with Crippen molar-refractivity contribution in [2.75, 3.05) is 32.8 Å². The van der Waals surface area contributed by atoms with E-state index >= 15 is 0 Å². The van der Waals surface area contributed by atoms with Crippen LogP contribution in [-0.2, 0) is 20.7 Å². The molecule has 0 saturated carbocycles. The first-order valence-corrected chi connectivity index (χ1v) is 12.4. The quantitative estimate of drug-likeness (QED) is 0.306. The number of carbonyl (C=O) groups is 4. The van der Waals surface area contributed by atoms with Crippen molar-refractivity contribution >= 4 is 29.4 Å². The van der Waals surface area contributed by atoms with Crippen LogP contribution in [0.25, 0.3) is 0 Å². The molecule has 39 heavy (non-hydrogen) atoms. The van der Waals surface area contributed by atoms with Crippen LogP contribution in [0, 0.1) is 6.92 Å². The second kappa shape index (κ2) is 11.8. The number of methoxy groups -OCH3 is 3. The fourth-order valence-corrected chi connectivity index (χ4v) is 4.54. The van der Waals surface area contributed by atoms with Crippen molar-refractivity contribution in [3.05, 3.63) is 89.0 Å². The summed E-state index contributed by atoms with van der Waals surface area (Å²) in [6.07, 6.45) is 0.269. The van der Waals surface area contributed by atoms with Crippen LogP contribution in [0.1, 0.15) is 38.3 Å². The van der Waals surface area contributed by atoms with Crippen LogP contribution < -0.4 is 14.4 Å². The second-order valence-electron chi connectivity index (χ2n) is 9.13. The van der Waals surface area contributed by atoms with Crippen molar-refractivity contribution in [3.63, 3.8) is 0 Å². The molecule has 0 aromatic heterocycles. The highest BCUT2D eigenvalue weighted by molar-refractivity contribution is 6.23. The number of ether oxygens (including phenoxy) is 3. The summed E-state index contributed by atoms with van der Waals surface area (Å²) in [4.78, 5) is 54.6. The minimum Gasteiger partial charge on any atom is -0.493 e. The summed E-state index contributed by atoms with van der Waals surface area (Å²) < 4.78 is 15.4. The van der Waals surface area contributed by atoms with Crippen LogP contribution in [0.5, 0.6) is 11.5 Å². The van der Waals surface area contributed by atoms with Gasteiger partial charge in [0.05, 0.1) is 39.0 Å². The van der Waals surface area contributed by atoms with Crippen molar-refractivity contribution in [1.29, 1.82) is 0 Å². The minimum absolute atomic E-state index is 0.152. The molecule has 1 aliphatic rings. The molecule has 0 spiro atoms. The van der Waals surface area contributed by atoms with Crippen molar-refractivity contribution in [1.82, 2.24) is 4.90 Å². The molecule has 1 aliphatic heterocycles. The number of nitrogens with zero attached hydrogens (tertiary/aromatic N) is 2. The highest BCUT2D eigenvalue weighted by atomic mass is 16.5. The zero-order valence-corrected chi connectivity index (χ0v) is 22.3. The Kier molecular flexibility index (Phi) is 8.29. The summed E-state index contributed by atoms with van der Waals surface area (Å²) in [6.45, 7) is 2.12. The lowest BCUT2D eigenvalue weighted by molar-refractivity contribution is -0.122. The molecule has 0 radical (unpaired) electrons. The van der Waals surface area contributed by atoms with E-state index in [0.29, 0.717) is 34.7 Å². The summed E-state index contributed by atoms with van der Waals surface area (Å²) in [5, 5.41) is 0. The van der Waals surface area contributed by atoms with E-state index in [2.05, 4.69) is 0 Å². The molecule has 3 amide bonds. The number of hydrogen-bond donors (Lipinski definition) is 0. The summed E-state index contributed by atoms with van der Waals surface area (Å²) in [7, 11) is 4.37. The minimum atomic E-state index is -0.980. The van der Waals surface area contributed by atoms with E-state index in [9.17, 15) is 19.2 Å². The van der Waals surface area contributed by atoms with Gasteiger partial charge in [-0.25, -0.2) is 9.69 Å². The Labute approximate surface area is 226 Å². The molecule has 9 nitrogen and oxygen atoms in total. The van der Waals surface area contributed by atoms with Crippen molar-refractivity contribution < 1.29 is 33.4 Å². The fourth-order valence-electron chi connectivity index (χ4n) is 4.54. The number of carbonyl (C=O) groups excluding carboxylic acids is 4. The van der Waals surface area contributed by atoms with Crippen molar-refractivity contribution in [2.24, 2.45) is 0 Å². The van der Waals surface area contributed by atoms with Crippen molar-refractivity contribution in [3.8, 4) is 11.5 Å². The van der Waals surface area contributed by atoms with Gasteiger partial charge in [-0.05, 0) is 67.4 Å². The number of imide groups is 1. The van der Waals surface area contributed by atoms with Gasteiger partial charge in [-0.1, -0.05) is 23.8 Å². The number of hydrogen-bond acceptors (Lipinski definition) is 7. The maximum atomic E-state index is 13.7. The van der Waals surface area contributed by atoms with Crippen LogP contribution in [0.4, 0.5) is 5.69 Å². The Morgan fingerprint density at radius 1 is 0.872 bits per heavy atom. The lowest BCUT2D eigenvalue weighted by atomic mass is 10.1. The zero-order valence-electron chi connectivity index (χ0n) is 22.3. The van der Waals surface area contributed by atoms with E-state index in [1.165, 1.54) is 36.3 Å². The van der Waals surface area contributed by atoms with E-state index in [0.717, 1.165) is 16.0 Å². The van der Waals surface area contributed by atoms with E-state index in [4.69, 9.17) is 14.2 Å². The molecule has 202 valence electrons. The van der Waals surface area contributed by atoms with Gasteiger partial charge in [-0.2, -0.15) is 0 Å². The monoisotopic (exact) mass is 530 g/mol. The molecule has 1 heterocycles. The topological polar surface area (TPSA) is 102 Å². The van der Waals surface area contributed by atoms with Gasteiger partial charge in [0.15, 0.2) is 11.5 Å². The Hall–Kier alpha value is -4.66. The molecule has 1 atom stereocenters. The number of amides is 3. The molecule has 0 N–H and O–H groups in total. The van der Waals surface area contributed by atoms with Crippen LogP contribution in [0.3, 0.4) is 0 Å². The summed E-state index contributed by atoms with van der Waals surface area (Å²) in [5.74, 6) is -0.658. The lowest BCUT2D eigenvalue weighted by Crippen LogP contribution is -2.46. The van der Waals surface area contributed by atoms with Crippen LogP contribution in [0.15, 0.2) is 66.7 Å². The van der Waals surface area contributed by atoms with Crippen LogP contribution >= 0.6 is 0 Å². The maximum absolute atomic E-state index is 13.7. The standard InChI is InChI=1S/C30H30N2O7/c1-19-5-8-21(9-6-19)28(34)31(16-15-20-7-14-25(37-2)26(17-20)38-3)24-18-27(33)32(29(24)35)23-12-10-22(11-13-23)30(36)39-4/h5-14,17,24H,15-16,18H2,1-4H3. The second-order valence-corrected chi connectivity index (χ2v) is 9.13. The SMILES string of the molecule is COC(=O)c1ccc(N2C(=O)CC(N(CCc3ccc(OC)c(OC)c3)C(=O)c3ccc(C)cc3)C2=O)cc1. The number of rotatable bonds is 9. The smallest absolute Gasteiger partial charge is 0.337 e. The van der Waals surface area contributed by atoms with E-state index in [1.54, 1.807) is 32.4 Å². The van der Waals surface area contributed by atoms with Gasteiger partial charge >= 0.3 is 5.97 Å². The van der Waals surface area contributed by atoms with Crippen molar-refractivity contribution in [2.45, 2.75) is 25.8 Å². The van der Waals surface area contributed by atoms with Gasteiger partial charge in [0, 0.05) is 12.1 Å². The van der Waals surface area contributed by atoms with E-state index in [1.807, 2.05) is 31.2 Å². The summed E-state index contributed by atoms with van der Waals surface area (Å²) in [5.41, 5.74) is 2.92. The Morgan fingerprint density at radius 3 is 2.13 bits per heavy atom. The highest BCUT2D eigenvalue weighted by Gasteiger charge is 2.44. The Bertz CT molecular complexity index is 1380. The molecule has 1 unspecified atom stereocenters. The highest BCUT2D eigenvalue weighted by Crippen LogP contribution is 2.30. The third kappa shape index (κ3) is 5.77. The van der Waals surface area contributed by atoms with Gasteiger partial charge in [0.1, 0.15) is 6.04 Å². The number of aryl methyl sites for hydroxylation is 1. The molecule has 1 fully saturated rings. The van der Waals surface area contributed by atoms with Crippen LogP contribution in [-0.4, -0.2) is 62.5 Å². The van der Waals surface area contributed by atoms with Gasteiger partial charge in [0.25, 0.3) is 11.8 Å². The molecule has 3 aromatic carbocycles. The first-order valence-electron chi connectivity index (χ1n) is 12.4. The van der Waals surface area contributed by atoms with Gasteiger partial charge in [-0.3, -0.25) is 14.4 Å². The first-order chi connectivity index (χ1) is 18.8. The molecule has 9 heteroatoms. The molecule has 4 rings (SSSR count). The summed E-state index contributed by atoms with van der Waals surface area (Å²) >= 11 is 0. The molecule has 1 saturated heterocycles. The number of esters is 1. The normalized spacial score (nSPS) is 14.8. The molecule has 0 bridgehead atoms. The Balaban J connectivity index is 1.62.